The van der Waals surface area contributed by atoms with Crippen LogP contribution in [0.5, 0.6) is 11.5 Å². The number of aryl methyl sites for hydroxylation is 1. The Morgan fingerprint density at radius 3 is 2.53 bits per heavy atom. The van der Waals surface area contributed by atoms with E-state index in [1.807, 2.05) is 30.6 Å². The van der Waals surface area contributed by atoms with Crippen molar-refractivity contribution in [2.24, 2.45) is 5.92 Å². The molecular weight excluding hydrogens is 404 g/mol. The highest BCUT2D eigenvalue weighted by Gasteiger charge is 2.27. The summed E-state index contributed by atoms with van der Waals surface area (Å²) in [4.78, 5) is 24.2. The summed E-state index contributed by atoms with van der Waals surface area (Å²) in [6.07, 6.45) is 5.47. The van der Waals surface area contributed by atoms with Gasteiger partial charge in [0.25, 0.3) is 0 Å². The summed E-state index contributed by atoms with van der Waals surface area (Å²) in [5.74, 6) is 1.92. The van der Waals surface area contributed by atoms with E-state index in [9.17, 15) is 4.79 Å². The van der Waals surface area contributed by atoms with Crippen LogP contribution in [0, 0.1) is 12.8 Å². The number of piperidine rings is 1. The van der Waals surface area contributed by atoms with Gasteiger partial charge in [0.1, 0.15) is 13.2 Å². The molecule has 1 atom stereocenters. The molecule has 2 aromatic carbocycles. The van der Waals surface area contributed by atoms with Gasteiger partial charge >= 0.3 is 0 Å². The highest BCUT2D eigenvalue weighted by Crippen LogP contribution is 2.33. The van der Waals surface area contributed by atoms with Crippen molar-refractivity contribution in [2.75, 3.05) is 36.5 Å². The lowest BCUT2D eigenvalue weighted by atomic mass is 9.97. The van der Waals surface area contributed by atoms with Gasteiger partial charge in [0.2, 0.25) is 11.9 Å². The first-order chi connectivity index (χ1) is 15.7. The molecule has 3 aromatic rings. The van der Waals surface area contributed by atoms with Gasteiger partial charge in [-0.3, -0.25) is 4.79 Å². The minimum Gasteiger partial charge on any atom is -0.486 e. The van der Waals surface area contributed by atoms with E-state index in [1.54, 1.807) is 0 Å². The van der Waals surface area contributed by atoms with E-state index >= 15 is 0 Å². The number of anilines is 2. The van der Waals surface area contributed by atoms with Crippen molar-refractivity contribution < 1.29 is 14.3 Å². The molecule has 1 saturated heterocycles. The van der Waals surface area contributed by atoms with Gasteiger partial charge in [-0.05, 0) is 37.5 Å². The van der Waals surface area contributed by atoms with Gasteiger partial charge in [-0.25, -0.2) is 9.97 Å². The maximum Gasteiger partial charge on any atom is 0.229 e. The van der Waals surface area contributed by atoms with E-state index in [4.69, 9.17) is 9.47 Å². The Bertz CT molecular complexity index is 1100. The van der Waals surface area contributed by atoms with E-state index in [-0.39, 0.29) is 11.8 Å². The van der Waals surface area contributed by atoms with Crippen LogP contribution < -0.4 is 19.7 Å². The number of aromatic nitrogens is 2. The summed E-state index contributed by atoms with van der Waals surface area (Å²) in [6, 6.07) is 13.8. The van der Waals surface area contributed by atoms with Gasteiger partial charge in [0.15, 0.2) is 11.5 Å². The minimum atomic E-state index is -0.127. The second kappa shape index (κ2) is 8.86. The average molecular weight is 431 g/mol. The molecule has 0 saturated carbocycles. The summed E-state index contributed by atoms with van der Waals surface area (Å²) in [7, 11) is 0. The third-order valence-electron chi connectivity index (χ3n) is 5.91. The van der Waals surface area contributed by atoms with E-state index in [0.717, 1.165) is 36.2 Å². The standard InChI is InChI=1S/C25H26N4O3/c1-17-4-6-18(7-5-17)20-14-26-25(27-15-20)29-10-2-3-19(16-29)24(30)28-21-8-9-22-23(13-21)32-12-11-31-22/h4-9,13-15,19H,2-3,10-12,16H2,1H3,(H,28,30). The highest BCUT2D eigenvalue weighted by atomic mass is 16.6. The molecule has 2 aliphatic rings. The van der Waals surface area contributed by atoms with Crippen LogP contribution in [0.15, 0.2) is 54.9 Å². The number of benzene rings is 2. The summed E-state index contributed by atoms with van der Waals surface area (Å²) in [5, 5.41) is 3.03. The molecule has 1 aromatic heterocycles. The predicted octanol–water partition coefficient (Wildman–Crippen LogP) is 4.08. The van der Waals surface area contributed by atoms with Gasteiger partial charge in [-0.1, -0.05) is 29.8 Å². The van der Waals surface area contributed by atoms with E-state index < -0.39 is 0 Å². The number of nitrogens with one attached hydrogen (secondary N) is 1. The maximum absolute atomic E-state index is 12.9. The molecule has 1 unspecified atom stereocenters. The Morgan fingerprint density at radius 2 is 1.75 bits per heavy atom. The van der Waals surface area contributed by atoms with Crippen molar-refractivity contribution in [3.8, 4) is 22.6 Å². The molecule has 1 fully saturated rings. The Hall–Kier alpha value is -3.61. The molecule has 0 radical (unpaired) electrons. The quantitative estimate of drug-likeness (QED) is 0.672. The topological polar surface area (TPSA) is 76.6 Å². The van der Waals surface area contributed by atoms with Crippen molar-refractivity contribution in [1.82, 2.24) is 9.97 Å². The van der Waals surface area contributed by atoms with Crippen LogP contribution in [0.25, 0.3) is 11.1 Å². The van der Waals surface area contributed by atoms with Crippen LogP contribution in [0.1, 0.15) is 18.4 Å². The summed E-state index contributed by atoms with van der Waals surface area (Å²) < 4.78 is 11.2. The van der Waals surface area contributed by atoms with Crippen molar-refractivity contribution in [3.63, 3.8) is 0 Å². The fourth-order valence-electron chi connectivity index (χ4n) is 4.12. The molecule has 1 amide bonds. The van der Waals surface area contributed by atoms with Crippen LogP contribution in [-0.4, -0.2) is 42.2 Å². The van der Waals surface area contributed by atoms with Crippen LogP contribution in [-0.2, 0) is 4.79 Å². The molecule has 7 heteroatoms. The van der Waals surface area contributed by atoms with Crippen LogP contribution in [0.2, 0.25) is 0 Å². The zero-order valence-corrected chi connectivity index (χ0v) is 18.1. The lowest BCUT2D eigenvalue weighted by Crippen LogP contribution is -2.41. The lowest BCUT2D eigenvalue weighted by molar-refractivity contribution is -0.120. The number of ether oxygens (including phenoxy) is 2. The van der Waals surface area contributed by atoms with Crippen molar-refractivity contribution in [3.05, 3.63) is 60.4 Å². The lowest BCUT2D eigenvalue weighted by Gasteiger charge is -2.32. The van der Waals surface area contributed by atoms with Gasteiger partial charge in [-0.2, -0.15) is 0 Å². The molecule has 7 nitrogen and oxygen atoms in total. The Morgan fingerprint density at radius 1 is 1.00 bits per heavy atom. The second-order valence-electron chi connectivity index (χ2n) is 8.27. The fraction of sp³-hybridized carbons (Fsp3) is 0.320. The van der Waals surface area contributed by atoms with Crippen molar-refractivity contribution >= 4 is 17.5 Å². The van der Waals surface area contributed by atoms with Crippen molar-refractivity contribution in [2.45, 2.75) is 19.8 Å². The molecule has 0 bridgehead atoms. The first-order valence-corrected chi connectivity index (χ1v) is 11.0. The number of nitrogens with zero attached hydrogens (tertiary/aromatic N) is 3. The number of hydrogen-bond acceptors (Lipinski definition) is 6. The van der Waals surface area contributed by atoms with Gasteiger partial charge in [0.05, 0.1) is 5.92 Å². The molecular formula is C25H26N4O3. The molecule has 0 spiro atoms. The number of rotatable bonds is 4. The Kier molecular flexibility index (Phi) is 5.62. The average Bonchev–Trinajstić information content (AvgIpc) is 2.85. The SMILES string of the molecule is Cc1ccc(-c2cnc(N3CCCC(C(=O)Nc4ccc5c(c4)OCCO5)C3)nc2)cc1. The first-order valence-electron chi connectivity index (χ1n) is 11.0. The van der Waals surface area contributed by atoms with Gasteiger partial charge < -0.3 is 19.7 Å². The highest BCUT2D eigenvalue weighted by molar-refractivity contribution is 5.93. The Labute approximate surface area is 187 Å². The summed E-state index contributed by atoms with van der Waals surface area (Å²) in [5.41, 5.74) is 4.02. The van der Waals surface area contributed by atoms with Crippen molar-refractivity contribution in [1.29, 1.82) is 0 Å². The molecule has 0 aliphatic carbocycles. The predicted molar refractivity (Wildman–Crippen MR) is 123 cm³/mol. The minimum absolute atomic E-state index is 0.00246. The molecule has 164 valence electrons. The Balaban J connectivity index is 1.24. The first kappa shape index (κ1) is 20.3. The number of carbonyl (C=O) groups is 1. The number of hydrogen-bond donors (Lipinski definition) is 1. The zero-order valence-electron chi connectivity index (χ0n) is 18.1. The van der Waals surface area contributed by atoms with Crippen LogP contribution in [0.3, 0.4) is 0 Å². The third kappa shape index (κ3) is 4.37. The zero-order chi connectivity index (χ0) is 21.9. The monoisotopic (exact) mass is 430 g/mol. The van der Waals surface area contributed by atoms with Gasteiger partial charge in [0, 0.05) is 42.8 Å². The molecule has 5 rings (SSSR count). The number of fused-ring (bicyclic) bond motifs is 1. The van der Waals surface area contributed by atoms with E-state index in [0.29, 0.717) is 37.2 Å². The fourth-order valence-corrected chi connectivity index (χ4v) is 4.12. The van der Waals surface area contributed by atoms with Gasteiger partial charge in [-0.15, -0.1) is 0 Å². The van der Waals surface area contributed by atoms with E-state index in [1.165, 1.54) is 5.56 Å². The maximum atomic E-state index is 12.9. The third-order valence-corrected chi connectivity index (χ3v) is 5.91. The largest absolute Gasteiger partial charge is 0.486 e. The van der Waals surface area contributed by atoms with Crippen LogP contribution >= 0.6 is 0 Å². The number of carbonyl (C=O) groups excluding carboxylic acids is 1. The summed E-state index contributed by atoms with van der Waals surface area (Å²) >= 11 is 0. The summed E-state index contributed by atoms with van der Waals surface area (Å²) in [6.45, 7) is 4.58. The smallest absolute Gasteiger partial charge is 0.229 e. The molecule has 1 N–H and O–H groups in total. The molecule has 3 heterocycles. The molecule has 32 heavy (non-hydrogen) atoms. The normalized spacial score (nSPS) is 17.7. The van der Waals surface area contributed by atoms with Crippen LogP contribution in [0.4, 0.5) is 11.6 Å². The molecule has 2 aliphatic heterocycles. The van der Waals surface area contributed by atoms with E-state index in [2.05, 4.69) is 51.4 Å². The number of amides is 1. The second-order valence-corrected chi connectivity index (χ2v) is 8.27.